The van der Waals surface area contributed by atoms with Crippen LogP contribution >= 0.6 is 11.6 Å². The maximum Gasteiger partial charge on any atom is 0.311 e. The molecule has 1 heterocycles. The highest BCUT2D eigenvalue weighted by molar-refractivity contribution is 6.16. The summed E-state index contributed by atoms with van der Waals surface area (Å²) in [5.41, 5.74) is 0.765. The van der Waals surface area contributed by atoms with Gasteiger partial charge in [0.15, 0.2) is 5.75 Å². The zero-order valence-corrected chi connectivity index (χ0v) is 11.7. The third kappa shape index (κ3) is 3.08. The summed E-state index contributed by atoms with van der Waals surface area (Å²) in [6.45, 7) is 2.66. The summed E-state index contributed by atoms with van der Waals surface area (Å²) in [4.78, 5) is 14.7. The Bertz CT molecular complexity index is 613. The normalized spacial score (nSPS) is 10.5. The van der Waals surface area contributed by atoms with Crippen molar-refractivity contribution in [3.05, 3.63) is 52.1 Å². The van der Waals surface area contributed by atoms with Gasteiger partial charge in [0.25, 0.3) is 0 Å². The molecule has 0 spiro atoms. The highest BCUT2D eigenvalue weighted by Gasteiger charge is 2.16. The lowest BCUT2D eigenvalue weighted by Gasteiger charge is -2.08. The minimum absolute atomic E-state index is 0.0307. The summed E-state index contributed by atoms with van der Waals surface area (Å²) in [7, 11) is 0. The third-order valence-corrected chi connectivity index (χ3v) is 3.03. The van der Waals surface area contributed by atoms with Crippen LogP contribution in [0.4, 0.5) is 5.69 Å². The van der Waals surface area contributed by atoms with Crippen molar-refractivity contribution >= 4 is 17.3 Å². The monoisotopic (exact) mass is 295 g/mol. The van der Waals surface area contributed by atoms with Gasteiger partial charge in [0.05, 0.1) is 17.4 Å². The number of nitro groups is 1. The van der Waals surface area contributed by atoms with Crippen LogP contribution in [0.1, 0.15) is 18.3 Å². The molecule has 1 aromatic carbocycles. The van der Waals surface area contributed by atoms with Crippen LogP contribution < -0.4 is 4.74 Å². The van der Waals surface area contributed by atoms with E-state index in [1.54, 1.807) is 31.5 Å². The first-order valence-corrected chi connectivity index (χ1v) is 6.65. The number of nitrogens with zero attached hydrogens (tertiary/aromatic N) is 3. The van der Waals surface area contributed by atoms with Gasteiger partial charge in [-0.05, 0) is 18.6 Å². The number of rotatable bonds is 6. The Hall–Kier alpha value is -2.08. The Morgan fingerprint density at radius 1 is 1.50 bits per heavy atom. The lowest BCUT2D eigenvalue weighted by atomic mass is 10.2. The second kappa shape index (κ2) is 6.38. The Balaban J connectivity index is 2.29. The van der Waals surface area contributed by atoms with Gasteiger partial charge in [0, 0.05) is 25.0 Å². The van der Waals surface area contributed by atoms with Crippen LogP contribution in [0.15, 0.2) is 30.6 Å². The first-order chi connectivity index (χ1) is 9.65. The van der Waals surface area contributed by atoms with Gasteiger partial charge >= 0.3 is 5.69 Å². The van der Waals surface area contributed by atoms with Gasteiger partial charge in [-0.15, -0.1) is 11.6 Å². The fraction of sp³-hybridized carbons (Fsp3) is 0.308. The van der Waals surface area contributed by atoms with Crippen LogP contribution in [0.5, 0.6) is 5.75 Å². The van der Waals surface area contributed by atoms with Crippen LogP contribution in [0.3, 0.4) is 0 Å². The molecule has 106 valence electrons. The number of imidazole rings is 1. The summed E-state index contributed by atoms with van der Waals surface area (Å²) >= 11 is 5.78. The van der Waals surface area contributed by atoms with Crippen molar-refractivity contribution < 1.29 is 9.66 Å². The predicted molar refractivity (Wildman–Crippen MR) is 75.2 cm³/mol. The smallest absolute Gasteiger partial charge is 0.311 e. The molecule has 0 aliphatic rings. The molecule has 1 aromatic heterocycles. The van der Waals surface area contributed by atoms with E-state index in [0.717, 1.165) is 11.4 Å². The van der Waals surface area contributed by atoms with Gasteiger partial charge in [0.2, 0.25) is 0 Å². The summed E-state index contributed by atoms with van der Waals surface area (Å²) in [5.74, 6) is 1.30. The first-order valence-electron chi connectivity index (χ1n) is 6.11. The molecule has 0 saturated carbocycles. The molecule has 0 fully saturated rings. The number of aromatic nitrogens is 2. The fourth-order valence-electron chi connectivity index (χ4n) is 1.89. The first kappa shape index (κ1) is 14.3. The van der Waals surface area contributed by atoms with Crippen molar-refractivity contribution in [2.75, 3.05) is 6.61 Å². The molecule has 2 aromatic rings. The van der Waals surface area contributed by atoms with Gasteiger partial charge in [-0.3, -0.25) is 10.1 Å². The Morgan fingerprint density at radius 2 is 2.30 bits per heavy atom. The van der Waals surface area contributed by atoms with Gasteiger partial charge in [0.1, 0.15) is 5.82 Å². The third-order valence-electron chi connectivity index (χ3n) is 2.79. The Labute approximate surface area is 121 Å². The highest BCUT2D eigenvalue weighted by atomic mass is 35.5. The number of nitro benzene ring substituents is 1. The number of hydrogen-bond donors (Lipinski definition) is 0. The summed E-state index contributed by atoms with van der Waals surface area (Å²) in [6, 6.07) is 4.94. The quantitative estimate of drug-likeness (QED) is 0.467. The summed E-state index contributed by atoms with van der Waals surface area (Å²) in [6.07, 6.45) is 3.45. The van der Waals surface area contributed by atoms with E-state index in [0.29, 0.717) is 19.0 Å². The van der Waals surface area contributed by atoms with Crippen molar-refractivity contribution in [2.45, 2.75) is 19.3 Å². The van der Waals surface area contributed by atoms with Crippen molar-refractivity contribution in [3.8, 4) is 5.75 Å². The van der Waals surface area contributed by atoms with Crippen LogP contribution in [0.2, 0.25) is 0 Å². The standard InChI is InChI=1S/C13H14ClN3O3/c1-2-20-12-4-3-10(7-11(12)17(18)19)9-16-6-5-15-13(16)8-14/h3-7H,2,8-9H2,1H3. The molecule has 0 aliphatic carbocycles. The van der Waals surface area contributed by atoms with E-state index in [9.17, 15) is 10.1 Å². The van der Waals surface area contributed by atoms with Gasteiger partial charge in [-0.25, -0.2) is 4.98 Å². The molecule has 0 bridgehead atoms. The van der Waals surface area contributed by atoms with Crippen molar-refractivity contribution in [1.82, 2.24) is 9.55 Å². The second-order valence-corrected chi connectivity index (χ2v) is 4.36. The maximum atomic E-state index is 11.1. The largest absolute Gasteiger partial charge is 0.487 e. The molecule has 6 nitrogen and oxygen atoms in total. The molecule has 0 atom stereocenters. The van der Waals surface area contributed by atoms with Crippen molar-refractivity contribution in [1.29, 1.82) is 0 Å². The zero-order chi connectivity index (χ0) is 14.5. The maximum absolute atomic E-state index is 11.1. The van der Waals surface area contributed by atoms with Gasteiger partial charge < -0.3 is 9.30 Å². The minimum atomic E-state index is -0.440. The van der Waals surface area contributed by atoms with Crippen LogP contribution in [-0.4, -0.2) is 21.1 Å². The van der Waals surface area contributed by atoms with Gasteiger partial charge in [-0.2, -0.15) is 0 Å². The van der Waals surface area contributed by atoms with Crippen molar-refractivity contribution in [2.24, 2.45) is 0 Å². The SMILES string of the molecule is CCOc1ccc(Cn2ccnc2CCl)cc1[N+](=O)[O-]. The van der Waals surface area contributed by atoms with E-state index in [1.807, 2.05) is 4.57 Å². The lowest BCUT2D eigenvalue weighted by molar-refractivity contribution is -0.385. The molecule has 7 heteroatoms. The predicted octanol–water partition coefficient (Wildman–Crippen LogP) is 2.98. The Morgan fingerprint density at radius 3 is 2.95 bits per heavy atom. The van der Waals surface area contributed by atoms with E-state index < -0.39 is 4.92 Å². The fourth-order valence-corrected chi connectivity index (χ4v) is 2.12. The minimum Gasteiger partial charge on any atom is -0.487 e. The van der Waals surface area contributed by atoms with E-state index in [2.05, 4.69) is 4.98 Å². The van der Waals surface area contributed by atoms with Crippen LogP contribution in [0.25, 0.3) is 0 Å². The molecule has 20 heavy (non-hydrogen) atoms. The van der Waals surface area contributed by atoms with E-state index >= 15 is 0 Å². The topological polar surface area (TPSA) is 70.2 Å². The number of benzene rings is 1. The zero-order valence-electron chi connectivity index (χ0n) is 11.0. The lowest BCUT2D eigenvalue weighted by Crippen LogP contribution is -2.04. The van der Waals surface area contributed by atoms with E-state index in [1.165, 1.54) is 6.07 Å². The van der Waals surface area contributed by atoms with E-state index in [-0.39, 0.29) is 11.4 Å². The average molecular weight is 296 g/mol. The number of halogens is 1. The molecule has 0 radical (unpaired) electrons. The summed E-state index contributed by atoms with van der Waals surface area (Å²) in [5, 5.41) is 11.1. The average Bonchev–Trinajstić information content (AvgIpc) is 2.87. The molecular weight excluding hydrogens is 282 g/mol. The number of hydrogen-bond acceptors (Lipinski definition) is 4. The molecule has 0 aliphatic heterocycles. The molecular formula is C13H14ClN3O3. The molecule has 0 N–H and O–H groups in total. The number of ether oxygens (including phenoxy) is 1. The van der Waals surface area contributed by atoms with Crippen molar-refractivity contribution in [3.63, 3.8) is 0 Å². The molecule has 0 unspecified atom stereocenters. The van der Waals surface area contributed by atoms with E-state index in [4.69, 9.17) is 16.3 Å². The highest BCUT2D eigenvalue weighted by Crippen LogP contribution is 2.28. The summed E-state index contributed by atoms with van der Waals surface area (Å²) < 4.78 is 7.11. The number of alkyl halides is 1. The van der Waals surface area contributed by atoms with Gasteiger partial charge in [-0.1, -0.05) is 6.07 Å². The molecule has 0 saturated heterocycles. The Kier molecular flexibility index (Phi) is 4.57. The van der Waals surface area contributed by atoms with Crippen LogP contribution in [0, 0.1) is 10.1 Å². The van der Waals surface area contributed by atoms with Crippen LogP contribution in [-0.2, 0) is 12.4 Å². The second-order valence-electron chi connectivity index (χ2n) is 4.10. The molecule has 0 amide bonds. The molecule has 2 rings (SSSR count).